The number of aromatic nitrogens is 1. The average Bonchev–Trinajstić information content (AvgIpc) is 2.28. The predicted octanol–water partition coefficient (Wildman–Crippen LogP) is 1.99. The first kappa shape index (κ1) is 12.5. The Balaban J connectivity index is 2.86. The first-order chi connectivity index (χ1) is 7.56. The smallest absolute Gasteiger partial charge is 0.141 e. The molecule has 4 nitrogen and oxygen atoms in total. The van der Waals surface area contributed by atoms with E-state index >= 15 is 0 Å². The number of nitrogens with two attached hydrogens (primary N) is 1. The molecule has 88 valence electrons. The Kier molecular flexibility index (Phi) is 4.28. The number of nitrogens with one attached hydrogen (secondary N) is 1. The standard InChI is InChI=1S/C12H20N4/c1-4-5-9(2)16(3)10-6-7-15-11(8-10)12(13)14/h6-9H,4-5H2,1-3H3,(H3,13,14). The molecule has 1 aromatic heterocycles. The van der Waals surface area contributed by atoms with E-state index in [0.29, 0.717) is 11.7 Å². The van der Waals surface area contributed by atoms with E-state index in [1.165, 1.54) is 0 Å². The third-order valence-electron chi connectivity index (χ3n) is 2.79. The summed E-state index contributed by atoms with van der Waals surface area (Å²) in [6.45, 7) is 4.37. The van der Waals surface area contributed by atoms with Crippen LogP contribution in [0.3, 0.4) is 0 Å². The summed E-state index contributed by atoms with van der Waals surface area (Å²) in [7, 11) is 2.06. The normalized spacial score (nSPS) is 12.2. The number of nitrogens with zero attached hydrogens (tertiary/aromatic N) is 2. The van der Waals surface area contributed by atoms with Gasteiger partial charge in [-0.1, -0.05) is 13.3 Å². The fraction of sp³-hybridized carbons (Fsp3) is 0.500. The van der Waals surface area contributed by atoms with E-state index in [2.05, 4.69) is 30.8 Å². The first-order valence-electron chi connectivity index (χ1n) is 5.59. The van der Waals surface area contributed by atoms with Gasteiger partial charge in [-0.05, 0) is 25.5 Å². The van der Waals surface area contributed by atoms with Crippen molar-refractivity contribution in [3.63, 3.8) is 0 Å². The number of anilines is 1. The van der Waals surface area contributed by atoms with E-state index in [9.17, 15) is 0 Å². The Bertz CT molecular complexity index is 362. The molecule has 0 amide bonds. The van der Waals surface area contributed by atoms with Crippen LogP contribution in [-0.2, 0) is 0 Å². The van der Waals surface area contributed by atoms with Crippen molar-refractivity contribution < 1.29 is 0 Å². The second-order valence-corrected chi connectivity index (χ2v) is 4.06. The summed E-state index contributed by atoms with van der Waals surface area (Å²) in [5.74, 6) is 0.0124. The summed E-state index contributed by atoms with van der Waals surface area (Å²) in [5.41, 5.74) is 7.01. The van der Waals surface area contributed by atoms with Crippen LogP contribution in [0.15, 0.2) is 18.3 Å². The second kappa shape index (κ2) is 5.49. The zero-order valence-corrected chi connectivity index (χ0v) is 10.2. The Morgan fingerprint density at radius 2 is 2.31 bits per heavy atom. The molecule has 1 atom stereocenters. The summed E-state index contributed by atoms with van der Waals surface area (Å²) in [6, 6.07) is 4.28. The van der Waals surface area contributed by atoms with Crippen LogP contribution in [0.2, 0.25) is 0 Å². The van der Waals surface area contributed by atoms with Crippen molar-refractivity contribution >= 4 is 11.5 Å². The van der Waals surface area contributed by atoms with Gasteiger partial charge in [-0.2, -0.15) is 0 Å². The molecule has 4 heteroatoms. The number of rotatable bonds is 5. The Morgan fingerprint density at radius 1 is 1.62 bits per heavy atom. The van der Waals surface area contributed by atoms with Gasteiger partial charge in [-0.3, -0.25) is 10.4 Å². The highest BCUT2D eigenvalue weighted by atomic mass is 15.1. The molecule has 0 aliphatic heterocycles. The molecule has 0 saturated heterocycles. The van der Waals surface area contributed by atoms with Crippen molar-refractivity contribution in [1.82, 2.24) is 4.98 Å². The van der Waals surface area contributed by atoms with Crippen LogP contribution in [0.4, 0.5) is 5.69 Å². The molecule has 0 saturated carbocycles. The third kappa shape index (κ3) is 2.95. The molecule has 0 aliphatic rings. The fourth-order valence-corrected chi connectivity index (χ4v) is 1.65. The molecule has 0 fully saturated rings. The molecule has 0 spiro atoms. The average molecular weight is 220 g/mol. The zero-order valence-electron chi connectivity index (χ0n) is 10.2. The summed E-state index contributed by atoms with van der Waals surface area (Å²) in [4.78, 5) is 6.24. The van der Waals surface area contributed by atoms with E-state index in [4.69, 9.17) is 11.1 Å². The topological polar surface area (TPSA) is 66.0 Å². The number of hydrogen-bond donors (Lipinski definition) is 2. The van der Waals surface area contributed by atoms with Crippen LogP contribution in [0.5, 0.6) is 0 Å². The molecule has 1 rings (SSSR count). The highest BCUT2D eigenvalue weighted by molar-refractivity contribution is 5.93. The van der Waals surface area contributed by atoms with Crippen LogP contribution < -0.4 is 10.6 Å². The van der Waals surface area contributed by atoms with Gasteiger partial charge in [0.15, 0.2) is 0 Å². The van der Waals surface area contributed by atoms with Crippen molar-refractivity contribution in [1.29, 1.82) is 5.41 Å². The SMILES string of the molecule is CCCC(C)N(C)c1ccnc(C(=N)N)c1. The monoisotopic (exact) mass is 220 g/mol. The van der Waals surface area contributed by atoms with Gasteiger partial charge < -0.3 is 10.6 Å². The highest BCUT2D eigenvalue weighted by Gasteiger charge is 2.10. The number of pyridine rings is 1. The lowest BCUT2D eigenvalue weighted by Crippen LogP contribution is -2.29. The number of nitrogen functional groups attached to an aromatic ring is 1. The molecule has 0 aromatic carbocycles. The van der Waals surface area contributed by atoms with Crippen molar-refractivity contribution in [3.8, 4) is 0 Å². The molecule has 0 radical (unpaired) electrons. The van der Waals surface area contributed by atoms with Crippen molar-refractivity contribution in [3.05, 3.63) is 24.0 Å². The quantitative estimate of drug-likeness (QED) is 0.589. The largest absolute Gasteiger partial charge is 0.382 e. The predicted molar refractivity (Wildman–Crippen MR) is 68.0 cm³/mol. The molecular weight excluding hydrogens is 200 g/mol. The molecule has 16 heavy (non-hydrogen) atoms. The minimum Gasteiger partial charge on any atom is -0.382 e. The van der Waals surface area contributed by atoms with E-state index in [0.717, 1.165) is 18.5 Å². The van der Waals surface area contributed by atoms with Gasteiger partial charge in [-0.25, -0.2) is 0 Å². The van der Waals surface area contributed by atoms with Crippen LogP contribution in [0.1, 0.15) is 32.4 Å². The summed E-state index contributed by atoms with van der Waals surface area (Å²) in [5, 5.41) is 7.36. The van der Waals surface area contributed by atoms with Crippen LogP contribution in [0.25, 0.3) is 0 Å². The molecule has 3 N–H and O–H groups in total. The number of hydrogen-bond acceptors (Lipinski definition) is 3. The molecule has 0 bridgehead atoms. The molecule has 1 unspecified atom stereocenters. The highest BCUT2D eigenvalue weighted by Crippen LogP contribution is 2.17. The van der Waals surface area contributed by atoms with Gasteiger partial charge in [-0.15, -0.1) is 0 Å². The minimum atomic E-state index is 0.0124. The van der Waals surface area contributed by atoms with Crippen molar-refractivity contribution in [2.75, 3.05) is 11.9 Å². The van der Waals surface area contributed by atoms with Gasteiger partial charge in [0.2, 0.25) is 0 Å². The summed E-state index contributed by atoms with van der Waals surface area (Å²) < 4.78 is 0. The Morgan fingerprint density at radius 3 is 2.88 bits per heavy atom. The van der Waals surface area contributed by atoms with Crippen molar-refractivity contribution in [2.24, 2.45) is 5.73 Å². The van der Waals surface area contributed by atoms with Crippen LogP contribution in [-0.4, -0.2) is 23.9 Å². The van der Waals surface area contributed by atoms with E-state index in [1.54, 1.807) is 6.20 Å². The zero-order chi connectivity index (χ0) is 12.1. The molecule has 1 heterocycles. The van der Waals surface area contributed by atoms with Crippen LogP contribution >= 0.6 is 0 Å². The maximum atomic E-state index is 7.36. The first-order valence-corrected chi connectivity index (χ1v) is 5.59. The Hall–Kier alpha value is -1.58. The minimum absolute atomic E-state index is 0.0124. The lowest BCUT2D eigenvalue weighted by Gasteiger charge is -2.26. The lowest BCUT2D eigenvalue weighted by atomic mass is 10.1. The van der Waals surface area contributed by atoms with Gasteiger partial charge >= 0.3 is 0 Å². The Labute approximate surface area is 97.0 Å². The van der Waals surface area contributed by atoms with Crippen molar-refractivity contribution in [2.45, 2.75) is 32.7 Å². The van der Waals surface area contributed by atoms with Gasteiger partial charge in [0, 0.05) is 25.0 Å². The number of amidine groups is 1. The van der Waals surface area contributed by atoms with Gasteiger partial charge in [0.1, 0.15) is 11.5 Å². The molecule has 0 aliphatic carbocycles. The van der Waals surface area contributed by atoms with Gasteiger partial charge in [0.25, 0.3) is 0 Å². The summed E-state index contributed by atoms with van der Waals surface area (Å²) >= 11 is 0. The fourth-order valence-electron chi connectivity index (χ4n) is 1.65. The summed E-state index contributed by atoms with van der Waals surface area (Å²) in [6.07, 6.45) is 4.01. The third-order valence-corrected chi connectivity index (χ3v) is 2.79. The molecule has 1 aromatic rings. The van der Waals surface area contributed by atoms with Gasteiger partial charge in [0.05, 0.1) is 0 Å². The maximum Gasteiger partial charge on any atom is 0.141 e. The van der Waals surface area contributed by atoms with E-state index in [1.807, 2.05) is 12.1 Å². The van der Waals surface area contributed by atoms with E-state index < -0.39 is 0 Å². The van der Waals surface area contributed by atoms with E-state index in [-0.39, 0.29) is 5.84 Å². The van der Waals surface area contributed by atoms with Crippen LogP contribution in [0, 0.1) is 5.41 Å². The second-order valence-electron chi connectivity index (χ2n) is 4.06. The lowest BCUT2D eigenvalue weighted by molar-refractivity contribution is 0.616. The molecular formula is C12H20N4. The maximum absolute atomic E-state index is 7.36.